The van der Waals surface area contributed by atoms with Gasteiger partial charge in [0, 0.05) is 12.2 Å². The van der Waals surface area contributed by atoms with Gasteiger partial charge in [-0.25, -0.2) is 4.39 Å². The molecule has 1 N–H and O–H groups in total. The van der Waals surface area contributed by atoms with E-state index in [0.29, 0.717) is 0 Å². The first-order chi connectivity index (χ1) is 7.33. The number of hydrogen-bond donors (Lipinski definition) is 1. The fourth-order valence-electron chi connectivity index (χ4n) is 1.56. The molecule has 1 rings (SSSR count). The second-order valence-corrected chi connectivity index (χ2v) is 3.85. The van der Waals surface area contributed by atoms with E-state index < -0.39 is 0 Å². The molecule has 0 aliphatic rings. The number of halogens is 1. The molecule has 15 heavy (non-hydrogen) atoms. The highest BCUT2D eigenvalue weighted by atomic mass is 19.1. The summed E-state index contributed by atoms with van der Waals surface area (Å²) < 4.78 is 12.8. The van der Waals surface area contributed by atoms with E-state index in [4.69, 9.17) is 0 Å². The first-order valence-electron chi connectivity index (χ1n) is 5.82. The molecule has 0 heterocycles. The van der Waals surface area contributed by atoms with Gasteiger partial charge in [-0.15, -0.1) is 0 Å². The minimum Gasteiger partial charge on any atom is -0.385 e. The highest BCUT2D eigenvalue weighted by Gasteiger charge is 1.93. The molecule has 0 aromatic heterocycles. The second kappa shape index (κ2) is 7.27. The van der Waals surface area contributed by atoms with Crippen LogP contribution in [0.2, 0.25) is 0 Å². The van der Waals surface area contributed by atoms with Gasteiger partial charge in [0.1, 0.15) is 5.82 Å². The van der Waals surface area contributed by atoms with E-state index in [2.05, 4.69) is 12.2 Å². The molecule has 0 spiro atoms. The second-order valence-electron chi connectivity index (χ2n) is 3.85. The van der Waals surface area contributed by atoms with Crippen LogP contribution in [0, 0.1) is 5.82 Å². The quantitative estimate of drug-likeness (QED) is 0.663. The molecule has 0 fully saturated rings. The maximum absolute atomic E-state index is 12.8. The Labute approximate surface area is 91.7 Å². The van der Waals surface area contributed by atoms with E-state index in [9.17, 15) is 4.39 Å². The van der Waals surface area contributed by atoms with Crippen LogP contribution in [0.5, 0.6) is 0 Å². The SMILES string of the molecule is CCCCCCCNc1cccc(F)c1. The van der Waals surface area contributed by atoms with Crippen molar-refractivity contribution in [3.8, 4) is 0 Å². The van der Waals surface area contributed by atoms with Crippen LogP contribution in [0.1, 0.15) is 39.0 Å². The van der Waals surface area contributed by atoms with E-state index in [0.717, 1.165) is 18.7 Å². The Morgan fingerprint density at radius 2 is 1.93 bits per heavy atom. The summed E-state index contributed by atoms with van der Waals surface area (Å²) >= 11 is 0. The minimum atomic E-state index is -0.175. The Bertz CT molecular complexity index is 273. The maximum Gasteiger partial charge on any atom is 0.125 e. The van der Waals surface area contributed by atoms with Crippen molar-refractivity contribution in [2.75, 3.05) is 11.9 Å². The molecule has 1 nitrogen and oxygen atoms in total. The Balaban J connectivity index is 2.10. The Morgan fingerprint density at radius 3 is 2.67 bits per heavy atom. The van der Waals surface area contributed by atoms with Gasteiger partial charge in [0.2, 0.25) is 0 Å². The van der Waals surface area contributed by atoms with Crippen molar-refractivity contribution in [1.82, 2.24) is 0 Å². The molecule has 0 bridgehead atoms. The molecule has 2 heteroatoms. The molecule has 1 aromatic carbocycles. The first-order valence-corrected chi connectivity index (χ1v) is 5.82. The molecule has 0 aliphatic heterocycles. The molecule has 84 valence electrons. The van der Waals surface area contributed by atoms with Gasteiger partial charge in [-0.3, -0.25) is 0 Å². The van der Waals surface area contributed by atoms with Gasteiger partial charge in [-0.1, -0.05) is 38.7 Å². The van der Waals surface area contributed by atoms with Crippen molar-refractivity contribution >= 4 is 5.69 Å². The lowest BCUT2D eigenvalue weighted by Gasteiger charge is -2.05. The van der Waals surface area contributed by atoms with Gasteiger partial charge in [0.05, 0.1) is 0 Å². The van der Waals surface area contributed by atoms with Gasteiger partial charge in [0.15, 0.2) is 0 Å². The summed E-state index contributed by atoms with van der Waals surface area (Å²) in [5, 5.41) is 3.22. The molecular formula is C13H20FN. The molecular weight excluding hydrogens is 189 g/mol. The Hall–Kier alpha value is -1.05. The van der Waals surface area contributed by atoms with E-state index in [1.807, 2.05) is 6.07 Å². The molecule has 0 aliphatic carbocycles. The van der Waals surface area contributed by atoms with Gasteiger partial charge in [0.25, 0.3) is 0 Å². The van der Waals surface area contributed by atoms with Crippen LogP contribution in [0.4, 0.5) is 10.1 Å². The highest BCUT2D eigenvalue weighted by Crippen LogP contribution is 2.09. The average molecular weight is 209 g/mol. The predicted molar refractivity (Wildman–Crippen MR) is 63.6 cm³/mol. The Morgan fingerprint density at radius 1 is 1.13 bits per heavy atom. The van der Waals surface area contributed by atoms with Gasteiger partial charge < -0.3 is 5.32 Å². The van der Waals surface area contributed by atoms with Crippen LogP contribution >= 0.6 is 0 Å². The smallest absolute Gasteiger partial charge is 0.125 e. The fourth-order valence-corrected chi connectivity index (χ4v) is 1.56. The number of nitrogens with one attached hydrogen (secondary N) is 1. The summed E-state index contributed by atoms with van der Waals surface area (Å²) in [5.74, 6) is -0.175. The number of rotatable bonds is 7. The summed E-state index contributed by atoms with van der Waals surface area (Å²) in [6, 6.07) is 6.63. The van der Waals surface area contributed by atoms with Crippen molar-refractivity contribution in [3.05, 3.63) is 30.1 Å². The Kier molecular flexibility index (Phi) is 5.83. The standard InChI is InChI=1S/C13H20FN/c1-2-3-4-5-6-10-15-13-9-7-8-12(14)11-13/h7-9,11,15H,2-6,10H2,1H3. The van der Waals surface area contributed by atoms with Crippen LogP contribution < -0.4 is 5.32 Å². The van der Waals surface area contributed by atoms with Gasteiger partial charge >= 0.3 is 0 Å². The van der Waals surface area contributed by atoms with Crippen molar-refractivity contribution in [3.63, 3.8) is 0 Å². The lowest BCUT2D eigenvalue weighted by Crippen LogP contribution is -2.01. The molecule has 0 saturated heterocycles. The molecule has 1 aromatic rings. The third kappa shape index (κ3) is 5.40. The van der Waals surface area contributed by atoms with E-state index >= 15 is 0 Å². The first kappa shape index (κ1) is 12.0. The average Bonchev–Trinajstić information content (AvgIpc) is 2.23. The van der Waals surface area contributed by atoms with Crippen molar-refractivity contribution < 1.29 is 4.39 Å². The molecule has 0 saturated carbocycles. The lowest BCUT2D eigenvalue weighted by molar-refractivity contribution is 0.627. The number of hydrogen-bond acceptors (Lipinski definition) is 1. The van der Waals surface area contributed by atoms with E-state index in [1.165, 1.54) is 37.8 Å². The van der Waals surface area contributed by atoms with Gasteiger partial charge in [-0.2, -0.15) is 0 Å². The number of benzene rings is 1. The van der Waals surface area contributed by atoms with Crippen LogP contribution in [-0.2, 0) is 0 Å². The normalized spacial score (nSPS) is 10.3. The fraction of sp³-hybridized carbons (Fsp3) is 0.538. The summed E-state index contributed by atoms with van der Waals surface area (Å²) in [7, 11) is 0. The number of unbranched alkanes of at least 4 members (excludes halogenated alkanes) is 4. The van der Waals surface area contributed by atoms with Crippen molar-refractivity contribution in [2.45, 2.75) is 39.0 Å². The summed E-state index contributed by atoms with van der Waals surface area (Å²) in [6.07, 6.45) is 6.32. The summed E-state index contributed by atoms with van der Waals surface area (Å²) in [5.41, 5.74) is 0.880. The third-order valence-corrected chi connectivity index (χ3v) is 2.43. The van der Waals surface area contributed by atoms with E-state index in [-0.39, 0.29) is 5.82 Å². The summed E-state index contributed by atoms with van der Waals surface area (Å²) in [4.78, 5) is 0. The zero-order valence-corrected chi connectivity index (χ0v) is 9.43. The van der Waals surface area contributed by atoms with E-state index in [1.54, 1.807) is 6.07 Å². The van der Waals surface area contributed by atoms with Crippen LogP contribution in [0.15, 0.2) is 24.3 Å². The highest BCUT2D eigenvalue weighted by molar-refractivity contribution is 5.42. The zero-order valence-electron chi connectivity index (χ0n) is 9.43. The lowest BCUT2D eigenvalue weighted by atomic mass is 10.1. The van der Waals surface area contributed by atoms with Crippen LogP contribution in [0.3, 0.4) is 0 Å². The molecule has 0 amide bonds. The predicted octanol–water partition coefficient (Wildman–Crippen LogP) is 4.21. The monoisotopic (exact) mass is 209 g/mol. The molecule has 0 atom stereocenters. The minimum absolute atomic E-state index is 0.175. The maximum atomic E-state index is 12.8. The third-order valence-electron chi connectivity index (χ3n) is 2.43. The van der Waals surface area contributed by atoms with Gasteiger partial charge in [-0.05, 0) is 24.6 Å². The number of anilines is 1. The topological polar surface area (TPSA) is 12.0 Å². The zero-order chi connectivity index (χ0) is 10.9. The van der Waals surface area contributed by atoms with Crippen LogP contribution in [0.25, 0.3) is 0 Å². The largest absolute Gasteiger partial charge is 0.385 e. The van der Waals surface area contributed by atoms with Crippen LogP contribution in [-0.4, -0.2) is 6.54 Å². The van der Waals surface area contributed by atoms with Crippen molar-refractivity contribution in [1.29, 1.82) is 0 Å². The molecule has 0 radical (unpaired) electrons. The summed E-state index contributed by atoms with van der Waals surface area (Å²) in [6.45, 7) is 3.15. The van der Waals surface area contributed by atoms with Crippen molar-refractivity contribution in [2.24, 2.45) is 0 Å². The molecule has 0 unspecified atom stereocenters.